The molecule has 1 aliphatic rings. The summed E-state index contributed by atoms with van der Waals surface area (Å²) in [6.07, 6.45) is 1.30. The molecule has 0 amide bonds. The summed E-state index contributed by atoms with van der Waals surface area (Å²) in [5.41, 5.74) is 0.873. The number of carbonyl (C=O) groups excluding carboxylic acids is 1. The number of halogens is 1. The van der Waals surface area contributed by atoms with Crippen LogP contribution in [0.15, 0.2) is 24.3 Å². The predicted molar refractivity (Wildman–Crippen MR) is 64.5 cm³/mol. The van der Waals surface area contributed by atoms with Crippen LogP contribution in [-0.4, -0.2) is 24.3 Å². The highest BCUT2D eigenvalue weighted by Gasteiger charge is 2.34. The highest BCUT2D eigenvalue weighted by Crippen LogP contribution is 2.37. The van der Waals surface area contributed by atoms with Crippen molar-refractivity contribution < 1.29 is 19.0 Å². The summed E-state index contributed by atoms with van der Waals surface area (Å²) >= 11 is 0. The summed E-state index contributed by atoms with van der Waals surface area (Å²) in [6.45, 7) is 0. The lowest BCUT2D eigenvalue weighted by atomic mass is 9.76. The standard InChI is InChI=1S/C14H17FO3/c1-18-14(17)10-4-7-13(16)12(8-10)9-2-5-11(15)6-3-9/h2-3,5-6,10,12-13,16H,4,7-8H2,1H3/t10-,12-,13+/m1/s1. The van der Waals surface area contributed by atoms with Crippen molar-refractivity contribution in [2.24, 2.45) is 5.92 Å². The highest BCUT2D eigenvalue weighted by atomic mass is 19.1. The molecule has 1 aromatic rings. The second-order valence-electron chi connectivity index (χ2n) is 4.76. The molecular weight excluding hydrogens is 235 g/mol. The lowest BCUT2D eigenvalue weighted by Crippen LogP contribution is -2.31. The van der Waals surface area contributed by atoms with Gasteiger partial charge in [-0.3, -0.25) is 4.79 Å². The van der Waals surface area contributed by atoms with E-state index in [1.54, 1.807) is 12.1 Å². The van der Waals surface area contributed by atoms with Gasteiger partial charge >= 0.3 is 5.97 Å². The number of carbonyl (C=O) groups is 1. The van der Waals surface area contributed by atoms with Crippen LogP contribution in [0.1, 0.15) is 30.7 Å². The summed E-state index contributed by atoms with van der Waals surface area (Å²) in [4.78, 5) is 11.5. The van der Waals surface area contributed by atoms with Gasteiger partial charge in [-0.2, -0.15) is 0 Å². The van der Waals surface area contributed by atoms with Gasteiger partial charge in [0.05, 0.1) is 19.1 Å². The average Bonchev–Trinajstić information content (AvgIpc) is 2.39. The summed E-state index contributed by atoms with van der Waals surface area (Å²) in [5.74, 6) is -0.820. The van der Waals surface area contributed by atoms with Gasteiger partial charge in [0.1, 0.15) is 5.82 Å². The topological polar surface area (TPSA) is 46.5 Å². The summed E-state index contributed by atoms with van der Waals surface area (Å²) in [6, 6.07) is 6.10. The van der Waals surface area contributed by atoms with Crippen LogP contribution in [0.5, 0.6) is 0 Å². The van der Waals surface area contributed by atoms with Crippen LogP contribution in [-0.2, 0) is 9.53 Å². The molecule has 18 heavy (non-hydrogen) atoms. The van der Waals surface area contributed by atoms with E-state index >= 15 is 0 Å². The van der Waals surface area contributed by atoms with E-state index in [9.17, 15) is 14.3 Å². The molecule has 4 heteroatoms. The first-order valence-electron chi connectivity index (χ1n) is 6.13. The van der Waals surface area contributed by atoms with Crippen LogP contribution in [0, 0.1) is 11.7 Å². The van der Waals surface area contributed by atoms with Gasteiger partial charge in [-0.25, -0.2) is 4.39 Å². The number of rotatable bonds is 2. The normalized spacial score (nSPS) is 27.8. The molecule has 3 atom stereocenters. The van der Waals surface area contributed by atoms with Gasteiger partial charge in [0.2, 0.25) is 0 Å². The number of esters is 1. The second-order valence-corrected chi connectivity index (χ2v) is 4.76. The van der Waals surface area contributed by atoms with E-state index in [0.29, 0.717) is 19.3 Å². The molecule has 1 aromatic carbocycles. The van der Waals surface area contributed by atoms with Crippen molar-refractivity contribution in [3.05, 3.63) is 35.6 Å². The van der Waals surface area contributed by atoms with E-state index in [4.69, 9.17) is 4.74 Å². The minimum atomic E-state index is -0.476. The Morgan fingerprint density at radius 2 is 2.00 bits per heavy atom. The average molecular weight is 252 g/mol. The molecule has 0 heterocycles. The van der Waals surface area contributed by atoms with Gasteiger partial charge in [-0.05, 0) is 37.0 Å². The molecule has 0 aliphatic heterocycles. The molecule has 0 radical (unpaired) electrons. The zero-order valence-corrected chi connectivity index (χ0v) is 10.3. The van der Waals surface area contributed by atoms with Crippen LogP contribution < -0.4 is 0 Å². The lowest BCUT2D eigenvalue weighted by molar-refractivity contribution is -0.147. The van der Waals surface area contributed by atoms with Crippen LogP contribution in [0.3, 0.4) is 0 Å². The Kier molecular flexibility index (Phi) is 3.97. The minimum Gasteiger partial charge on any atom is -0.469 e. The lowest BCUT2D eigenvalue weighted by Gasteiger charge is -2.32. The maximum Gasteiger partial charge on any atom is 0.308 e. The smallest absolute Gasteiger partial charge is 0.308 e. The number of hydrogen-bond acceptors (Lipinski definition) is 3. The van der Waals surface area contributed by atoms with Crippen molar-refractivity contribution in [3.63, 3.8) is 0 Å². The molecule has 0 unspecified atom stereocenters. The van der Waals surface area contributed by atoms with Crippen molar-refractivity contribution >= 4 is 5.97 Å². The van der Waals surface area contributed by atoms with Crippen molar-refractivity contribution in [1.82, 2.24) is 0 Å². The molecular formula is C14H17FO3. The summed E-state index contributed by atoms with van der Waals surface area (Å²) < 4.78 is 17.6. The van der Waals surface area contributed by atoms with Gasteiger partial charge < -0.3 is 9.84 Å². The highest BCUT2D eigenvalue weighted by molar-refractivity contribution is 5.72. The molecule has 2 rings (SSSR count). The summed E-state index contributed by atoms with van der Waals surface area (Å²) in [5, 5.41) is 10.0. The predicted octanol–water partition coefficient (Wildman–Crippen LogP) is 2.24. The van der Waals surface area contributed by atoms with Crippen molar-refractivity contribution in [1.29, 1.82) is 0 Å². The van der Waals surface area contributed by atoms with Crippen LogP contribution in [0.2, 0.25) is 0 Å². The first-order chi connectivity index (χ1) is 8.61. The Hall–Kier alpha value is -1.42. The fraction of sp³-hybridized carbons (Fsp3) is 0.500. The molecule has 1 N–H and O–H groups in total. The second kappa shape index (κ2) is 5.48. The number of methoxy groups -OCH3 is 1. The van der Waals surface area contributed by atoms with Gasteiger partial charge in [0.15, 0.2) is 0 Å². The Morgan fingerprint density at radius 1 is 1.33 bits per heavy atom. The van der Waals surface area contributed by atoms with Crippen LogP contribution >= 0.6 is 0 Å². The molecule has 98 valence electrons. The first kappa shape index (κ1) is 13.0. The first-order valence-corrected chi connectivity index (χ1v) is 6.13. The van der Waals surface area contributed by atoms with E-state index in [1.807, 2.05) is 0 Å². The molecule has 1 fully saturated rings. The molecule has 0 aromatic heterocycles. The Balaban J connectivity index is 2.14. The number of aliphatic hydroxyl groups excluding tert-OH is 1. The zero-order valence-electron chi connectivity index (χ0n) is 10.3. The number of hydrogen-bond donors (Lipinski definition) is 1. The maximum atomic E-state index is 12.9. The Labute approximate surface area is 106 Å². The third-order valence-electron chi connectivity index (χ3n) is 3.65. The number of aliphatic hydroxyl groups is 1. The van der Waals surface area contributed by atoms with Crippen molar-refractivity contribution in [3.8, 4) is 0 Å². The number of ether oxygens (including phenoxy) is 1. The molecule has 0 saturated heterocycles. The fourth-order valence-electron chi connectivity index (χ4n) is 2.60. The van der Waals surface area contributed by atoms with E-state index in [-0.39, 0.29) is 23.6 Å². The molecule has 3 nitrogen and oxygen atoms in total. The fourth-order valence-corrected chi connectivity index (χ4v) is 2.60. The molecule has 1 aliphatic carbocycles. The van der Waals surface area contributed by atoms with E-state index in [2.05, 4.69) is 0 Å². The van der Waals surface area contributed by atoms with E-state index in [1.165, 1.54) is 19.2 Å². The van der Waals surface area contributed by atoms with Crippen LogP contribution in [0.25, 0.3) is 0 Å². The molecule has 1 saturated carbocycles. The number of benzene rings is 1. The third kappa shape index (κ3) is 2.70. The SMILES string of the molecule is COC(=O)[C@@H]1CC[C@H](O)[C@@H](c2ccc(F)cc2)C1. The molecule has 0 spiro atoms. The zero-order chi connectivity index (χ0) is 13.1. The maximum absolute atomic E-state index is 12.9. The monoisotopic (exact) mass is 252 g/mol. The van der Waals surface area contributed by atoms with Crippen molar-refractivity contribution in [2.45, 2.75) is 31.3 Å². The van der Waals surface area contributed by atoms with E-state index < -0.39 is 6.10 Å². The Morgan fingerprint density at radius 3 is 2.61 bits per heavy atom. The minimum absolute atomic E-state index is 0.122. The van der Waals surface area contributed by atoms with Gasteiger partial charge in [-0.15, -0.1) is 0 Å². The van der Waals surface area contributed by atoms with Gasteiger partial charge in [0.25, 0.3) is 0 Å². The quantitative estimate of drug-likeness (QED) is 0.821. The van der Waals surface area contributed by atoms with Crippen molar-refractivity contribution in [2.75, 3.05) is 7.11 Å². The summed E-state index contributed by atoms with van der Waals surface area (Å²) in [7, 11) is 1.38. The van der Waals surface area contributed by atoms with E-state index in [0.717, 1.165) is 5.56 Å². The molecule has 0 bridgehead atoms. The van der Waals surface area contributed by atoms with Gasteiger partial charge in [-0.1, -0.05) is 12.1 Å². The third-order valence-corrected chi connectivity index (χ3v) is 3.65. The largest absolute Gasteiger partial charge is 0.469 e. The Bertz CT molecular complexity index is 416. The van der Waals surface area contributed by atoms with Gasteiger partial charge in [0, 0.05) is 5.92 Å². The van der Waals surface area contributed by atoms with Crippen LogP contribution in [0.4, 0.5) is 4.39 Å².